The minimum atomic E-state index is -1.30. The summed E-state index contributed by atoms with van der Waals surface area (Å²) in [4.78, 5) is 10.6. The van der Waals surface area contributed by atoms with Crippen LogP contribution in [0.25, 0.3) is 11.1 Å². The average molecular weight is 228 g/mol. The van der Waals surface area contributed by atoms with Crippen molar-refractivity contribution < 1.29 is 14.6 Å². The molecule has 0 bridgehead atoms. The number of benzene rings is 2. The van der Waals surface area contributed by atoms with E-state index in [0.717, 1.165) is 16.7 Å². The van der Waals surface area contributed by atoms with Crippen LogP contribution in [0.1, 0.15) is 5.56 Å². The van der Waals surface area contributed by atoms with E-state index in [2.05, 4.69) is 0 Å². The van der Waals surface area contributed by atoms with E-state index in [0.29, 0.717) is 5.75 Å². The van der Waals surface area contributed by atoms with Crippen molar-refractivity contribution in [3.8, 4) is 16.9 Å². The zero-order valence-corrected chi connectivity index (χ0v) is 9.38. The molecule has 0 aliphatic carbocycles. The third-order valence-corrected chi connectivity index (χ3v) is 2.41. The molecule has 86 valence electrons. The molecule has 0 spiro atoms. The lowest BCUT2D eigenvalue weighted by Gasteiger charge is -2.08. The van der Waals surface area contributed by atoms with Crippen molar-refractivity contribution in [2.45, 2.75) is 6.92 Å². The van der Waals surface area contributed by atoms with Crippen LogP contribution in [0, 0.1) is 6.92 Å². The first-order chi connectivity index (χ1) is 8.16. The lowest BCUT2D eigenvalue weighted by Crippen LogP contribution is -2.03. The van der Waals surface area contributed by atoms with E-state index in [4.69, 9.17) is 9.84 Å². The molecule has 2 rings (SSSR count). The van der Waals surface area contributed by atoms with Crippen molar-refractivity contribution in [3.05, 3.63) is 54.1 Å². The predicted octanol–water partition coefficient (Wildman–Crippen LogP) is 3.72. The Morgan fingerprint density at radius 2 is 1.88 bits per heavy atom. The molecular formula is C14H12O3. The minimum absolute atomic E-state index is 0.352. The summed E-state index contributed by atoms with van der Waals surface area (Å²) in [7, 11) is 0. The molecule has 3 heteroatoms. The highest BCUT2D eigenvalue weighted by Gasteiger charge is 2.08. The Kier molecular flexibility index (Phi) is 3.10. The van der Waals surface area contributed by atoms with Gasteiger partial charge in [0.05, 0.1) is 0 Å². The van der Waals surface area contributed by atoms with Crippen molar-refractivity contribution in [2.75, 3.05) is 0 Å². The number of aryl methyl sites for hydroxylation is 1. The molecule has 0 aliphatic rings. The Morgan fingerprint density at radius 3 is 2.59 bits per heavy atom. The Bertz CT molecular complexity index is 547. The zero-order valence-electron chi connectivity index (χ0n) is 9.38. The van der Waals surface area contributed by atoms with Crippen molar-refractivity contribution >= 4 is 6.16 Å². The fourth-order valence-electron chi connectivity index (χ4n) is 1.70. The van der Waals surface area contributed by atoms with Gasteiger partial charge < -0.3 is 9.84 Å². The van der Waals surface area contributed by atoms with Crippen LogP contribution < -0.4 is 4.74 Å². The third-order valence-electron chi connectivity index (χ3n) is 2.41. The highest BCUT2D eigenvalue weighted by molar-refractivity contribution is 5.74. The van der Waals surface area contributed by atoms with E-state index < -0.39 is 6.16 Å². The van der Waals surface area contributed by atoms with Crippen molar-refractivity contribution in [1.82, 2.24) is 0 Å². The molecule has 0 radical (unpaired) electrons. The predicted molar refractivity (Wildman–Crippen MR) is 65.3 cm³/mol. The second-order valence-electron chi connectivity index (χ2n) is 3.73. The molecule has 0 fully saturated rings. The van der Waals surface area contributed by atoms with Gasteiger partial charge in [-0.2, -0.15) is 0 Å². The van der Waals surface area contributed by atoms with Crippen LogP contribution >= 0.6 is 0 Å². The number of rotatable bonds is 2. The molecule has 0 saturated carbocycles. The highest BCUT2D eigenvalue weighted by Crippen LogP contribution is 2.30. The van der Waals surface area contributed by atoms with Crippen molar-refractivity contribution in [1.29, 1.82) is 0 Å². The van der Waals surface area contributed by atoms with Gasteiger partial charge in [-0.1, -0.05) is 48.0 Å². The topological polar surface area (TPSA) is 46.5 Å². The quantitative estimate of drug-likeness (QED) is 0.629. The summed E-state index contributed by atoms with van der Waals surface area (Å²) in [6.45, 7) is 1.99. The Labute approximate surface area is 99.3 Å². The van der Waals surface area contributed by atoms with Crippen LogP contribution in [0.15, 0.2) is 48.5 Å². The molecule has 0 amide bonds. The molecular weight excluding hydrogens is 216 g/mol. The number of hydrogen-bond acceptors (Lipinski definition) is 2. The molecule has 0 saturated heterocycles. The summed E-state index contributed by atoms with van der Waals surface area (Å²) in [5, 5.41) is 8.67. The standard InChI is InChI=1S/C14H12O3/c1-10-5-4-6-11(9-10)12-7-2-3-8-13(12)17-14(15)16/h2-9H,1H3,(H,15,16). The van der Waals surface area contributed by atoms with E-state index >= 15 is 0 Å². The molecule has 0 heterocycles. The van der Waals surface area contributed by atoms with E-state index in [1.54, 1.807) is 12.1 Å². The first kappa shape index (κ1) is 11.2. The van der Waals surface area contributed by atoms with Crippen molar-refractivity contribution in [3.63, 3.8) is 0 Å². The van der Waals surface area contributed by atoms with Crippen LogP contribution in [-0.4, -0.2) is 11.3 Å². The number of ether oxygens (including phenoxy) is 1. The summed E-state index contributed by atoms with van der Waals surface area (Å²) in [5.74, 6) is 0.352. The summed E-state index contributed by atoms with van der Waals surface area (Å²) in [5.41, 5.74) is 2.84. The number of para-hydroxylation sites is 1. The maximum absolute atomic E-state index is 10.6. The number of carbonyl (C=O) groups is 1. The van der Waals surface area contributed by atoms with Crippen molar-refractivity contribution in [2.24, 2.45) is 0 Å². The second kappa shape index (κ2) is 4.70. The summed E-state index contributed by atoms with van der Waals surface area (Å²) >= 11 is 0. The molecule has 3 nitrogen and oxygen atoms in total. The average Bonchev–Trinajstić information content (AvgIpc) is 2.29. The van der Waals surface area contributed by atoms with Gasteiger partial charge in [0.2, 0.25) is 0 Å². The van der Waals surface area contributed by atoms with E-state index in [1.165, 1.54) is 0 Å². The number of carboxylic acid groups (broad SMARTS) is 1. The summed E-state index contributed by atoms with van der Waals surface area (Å²) in [6, 6.07) is 14.9. The van der Waals surface area contributed by atoms with Gasteiger partial charge in [-0.05, 0) is 18.6 Å². The second-order valence-corrected chi connectivity index (χ2v) is 3.73. The lowest BCUT2D eigenvalue weighted by atomic mass is 10.0. The van der Waals surface area contributed by atoms with E-state index in [-0.39, 0.29) is 0 Å². The highest BCUT2D eigenvalue weighted by atomic mass is 16.7. The van der Waals surface area contributed by atoms with Crippen LogP contribution in [0.2, 0.25) is 0 Å². The zero-order chi connectivity index (χ0) is 12.3. The smallest absolute Gasteiger partial charge is 0.449 e. The monoisotopic (exact) mass is 228 g/mol. The third kappa shape index (κ3) is 2.64. The van der Waals surface area contributed by atoms with Gasteiger partial charge in [-0.15, -0.1) is 0 Å². The molecule has 17 heavy (non-hydrogen) atoms. The molecule has 1 N–H and O–H groups in total. The fraction of sp³-hybridized carbons (Fsp3) is 0.0714. The van der Waals surface area contributed by atoms with E-state index in [1.807, 2.05) is 43.3 Å². The normalized spacial score (nSPS) is 9.94. The molecule has 2 aromatic carbocycles. The van der Waals surface area contributed by atoms with Gasteiger partial charge in [0.15, 0.2) is 0 Å². The van der Waals surface area contributed by atoms with Gasteiger partial charge in [0.25, 0.3) is 0 Å². The maximum atomic E-state index is 10.6. The Balaban J connectivity index is 2.47. The Hall–Kier alpha value is -2.29. The van der Waals surface area contributed by atoms with Crippen LogP contribution in [0.3, 0.4) is 0 Å². The van der Waals surface area contributed by atoms with Crippen LogP contribution in [0.5, 0.6) is 5.75 Å². The first-order valence-corrected chi connectivity index (χ1v) is 5.23. The van der Waals surface area contributed by atoms with Gasteiger partial charge in [-0.25, -0.2) is 4.79 Å². The largest absolute Gasteiger partial charge is 0.511 e. The van der Waals surface area contributed by atoms with Gasteiger partial charge >= 0.3 is 6.16 Å². The van der Waals surface area contributed by atoms with Gasteiger partial charge in [0.1, 0.15) is 5.75 Å². The molecule has 0 atom stereocenters. The Morgan fingerprint density at radius 1 is 1.12 bits per heavy atom. The molecule has 0 aliphatic heterocycles. The van der Waals surface area contributed by atoms with Gasteiger partial charge in [-0.3, -0.25) is 0 Å². The first-order valence-electron chi connectivity index (χ1n) is 5.23. The molecule has 0 aromatic heterocycles. The van der Waals surface area contributed by atoms with Crippen LogP contribution in [0.4, 0.5) is 4.79 Å². The summed E-state index contributed by atoms with van der Waals surface area (Å²) in [6.07, 6.45) is -1.30. The fourth-order valence-corrected chi connectivity index (χ4v) is 1.70. The van der Waals surface area contributed by atoms with Gasteiger partial charge in [0, 0.05) is 5.56 Å². The number of hydrogen-bond donors (Lipinski definition) is 1. The lowest BCUT2D eigenvalue weighted by molar-refractivity contribution is 0.144. The van der Waals surface area contributed by atoms with E-state index in [9.17, 15) is 4.79 Å². The van der Waals surface area contributed by atoms with Crippen LogP contribution in [-0.2, 0) is 0 Å². The summed E-state index contributed by atoms with van der Waals surface area (Å²) < 4.78 is 4.76. The molecule has 0 unspecified atom stereocenters. The molecule has 2 aromatic rings. The maximum Gasteiger partial charge on any atom is 0.511 e. The minimum Gasteiger partial charge on any atom is -0.449 e. The SMILES string of the molecule is Cc1cccc(-c2ccccc2OC(=O)O)c1.